The molecule has 0 amide bonds. The highest BCUT2D eigenvalue weighted by Gasteiger charge is 2.43. The molecule has 0 heterocycles. The molecule has 2 rings (SSSR count). The predicted molar refractivity (Wildman–Crippen MR) is 70.1 cm³/mol. The molecule has 1 aliphatic carbocycles. The Balaban J connectivity index is 1.84. The Hall–Kier alpha value is -1.31. The highest BCUT2D eigenvalue weighted by atomic mass is 16.5. The third-order valence-electron chi connectivity index (χ3n) is 3.50. The van der Waals surface area contributed by atoms with Crippen LogP contribution in [0.4, 0.5) is 0 Å². The first-order valence-electron chi connectivity index (χ1n) is 6.14. The summed E-state index contributed by atoms with van der Waals surface area (Å²) in [5, 5.41) is 9.66. The number of aliphatic hydroxyl groups excluding tert-OH is 1. The Morgan fingerprint density at radius 1 is 1.39 bits per heavy atom. The van der Waals surface area contributed by atoms with Crippen molar-refractivity contribution in [1.82, 2.24) is 0 Å². The minimum atomic E-state index is -0.575. The van der Waals surface area contributed by atoms with Crippen molar-refractivity contribution in [2.75, 3.05) is 6.61 Å². The Bertz CT molecular complexity index is 418. The van der Waals surface area contributed by atoms with Crippen molar-refractivity contribution in [2.45, 2.75) is 31.0 Å². The van der Waals surface area contributed by atoms with E-state index in [-0.39, 0.29) is 17.8 Å². The fraction of sp³-hybridized carbons (Fsp3) is 0.500. The normalized spacial score (nSPS) is 31.1. The highest BCUT2D eigenvalue weighted by molar-refractivity contribution is 6.12. The van der Waals surface area contributed by atoms with Crippen LogP contribution in [0.5, 0.6) is 0 Å². The second-order valence-corrected chi connectivity index (χ2v) is 4.74. The van der Waals surface area contributed by atoms with Crippen LogP contribution in [0.15, 0.2) is 30.3 Å². The first-order chi connectivity index (χ1) is 8.72. The van der Waals surface area contributed by atoms with Gasteiger partial charge in [-0.3, -0.25) is 0 Å². The topological polar surface area (TPSA) is 33.8 Å². The van der Waals surface area contributed by atoms with Gasteiger partial charge in [0.05, 0.1) is 33.1 Å². The monoisotopic (exact) mass is 241 g/mol. The van der Waals surface area contributed by atoms with Gasteiger partial charge in [0, 0.05) is 6.42 Å². The van der Waals surface area contributed by atoms with E-state index in [9.17, 15) is 5.11 Å². The SMILES string of the molecule is [B]C1C(O)CC([N+]#[C-])C1COCc1ccccc1. The van der Waals surface area contributed by atoms with Gasteiger partial charge in [0.1, 0.15) is 0 Å². The number of aliphatic hydroxyl groups is 1. The maximum atomic E-state index is 9.66. The first kappa shape index (κ1) is 13.1. The van der Waals surface area contributed by atoms with Gasteiger partial charge in [-0.1, -0.05) is 30.3 Å². The van der Waals surface area contributed by atoms with Crippen molar-refractivity contribution in [1.29, 1.82) is 0 Å². The molecule has 0 bridgehead atoms. The number of benzene rings is 1. The van der Waals surface area contributed by atoms with E-state index >= 15 is 0 Å². The minimum absolute atomic E-state index is 0.0683. The Labute approximate surface area is 109 Å². The fourth-order valence-electron chi connectivity index (χ4n) is 2.38. The van der Waals surface area contributed by atoms with Crippen molar-refractivity contribution in [3.8, 4) is 0 Å². The van der Waals surface area contributed by atoms with Gasteiger partial charge in [0.15, 0.2) is 0 Å². The summed E-state index contributed by atoms with van der Waals surface area (Å²) in [6.07, 6.45) is -0.112. The molecule has 92 valence electrons. The molecule has 0 aliphatic heterocycles. The molecule has 4 atom stereocenters. The molecule has 0 spiro atoms. The number of nitrogens with zero attached hydrogens (tertiary/aromatic N) is 1. The molecule has 1 saturated carbocycles. The van der Waals surface area contributed by atoms with Crippen LogP contribution in [0.25, 0.3) is 4.85 Å². The minimum Gasteiger partial charge on any atom is -0.393 e. The molecule has 1 aromatic rings. The fourth-order valence-corrected chi connectivity index (χ4v) is 2.38. The lowest BCUT2D eigenvalue weighted by atomic mass is 9.77. The molecule has 1 fully saturated rings. The summed E-state index contributed by atoms with van der Waals surface area (Å²) < 4.78 is 5.62. The van der Waals surface area contributed by atoms with E-state index in [4.69, 9.17) is 19.2 Å². The number of rotatable bonds is 4. The molecule has 0 aromatic heterocycles. The van der Waals surface area contributed by atoms with Gasteiger partial charge in [-0.15, -0.1) is 0 Å². The number of ether oxygens (including phenoxy) is 1. The second kappa shape index (κ2) is 6.04. The molecule has 2 radical (unpaired) electrons. The van der Waals surface area contributed by atoms with Gasteiger partial charge in [-0.2, -0.15) is 0 Å². The zero-order chi connectivity index (χ0) is 13.0. The lowest BCUT2D eigenvalue weighted by molar-refractivity contribution is 0.0815. The van der Waals surface area contributed by atoms with Gasteiger partial charge in [-0.05, 0) is 11.4 Å². The van der Waals surface area contributed by atoms with Gasteiger partial charge < -0.3 is 14.7 Å². The number of hydrogen-bond donors (Lipinski definition) is 1. The van der Waals surface area contributed by atoms with Gasteiger partial charge in [-0.25, -0.2) is 6.57 Å². The van der Waals surface area contributed by atoms with E-state index in [0.717, 1.165) is 5.56 Å². The quantitative estimate of drug-likeness (QED) is 0.644. The van der Waals surface area contributed by atoms with Crippen LogP contribution in [-0.4, -0.2) is 31.7 Å². The molecule has 1 aromatic carbocycles. The molecule has 4 unspecified atom stereocenters. The lowest BCUT2D eigenvalue weighted by Crippen LogP contribution is -2.21. The Morgan fingerprint density at radius 3 is 2.78 bits per heavy atom. The summed E-state index contributed by atoms with van der Waals surface area (Å²) in [7, 11) is 5.89. The molecule has 0 saturated heterocycles. The first-order valence-corrected chi connectivity index (χ1v) is 6.14. The predicted octanol–water partition coefficient (Wildman–Crippen LogP) is 1.83. The molecule has 1 N–H and O–H groups in total. The standard InChI is InChI=1S/C14H16BNO2/c1-16-12-7-13(17)14(15)11(12)9-18-8-10-5-3-2-4-6-10/h2-6,11-14,17H,7-9H2. The Morgan fingerprint density at radius 2 is 2.11 bits per heavy atom. The van der Waals surface area contributed by atoms with E-state index in [2.05, 4.69) is 4.85 Å². The lowest BCUT2D eigenvalue weighted by Gasteiger charge is -2.17. The van der Waals surface area contributed by atoms with Crippen molar-refractivity contribution >= 4 is 7.85 Å². The third-order valence-corrected chi connectivity index (χ3v) is 3.50. The third kappa shape index (κ3) is 2.93. The van der Waals surface area contributed by atoms with Gasteiger partial charge >= 0.3 is 0 Å². The molecule has 18 heavy (non-hydrogen) atoms. The van der Waals surface area contributed by atoms with E-state index in [1.807, 2.05) is 30.3 Å². The second-order valence-electron chi connectivity index (χ2n) is 4.74. The summed E-state index contributed by atoms with van der Waals surface area (Å²) >= 11 is 0. The molecule has 3 nitrogen and oxygen atoms in total. The number of hydrogen-bond acceptors (Lipinski definition) is 2. The summed E-state index contributed by atoms with van der Waals surface area (Å²) in [4.78, 5) is 3.53. The van der Waals surface area contributed by atoms with E-state index in [1.54, 1.807) is 0 Å². The van der Waals surface area contributed by atoms with Gasteiger partial charge in [0.2, 0.25) is 6.04 Å². The van der Waals surface area contributed by atoms with E-state index in [0.29, 0.717) is 19.6 Å². The van der Waals surface area contributed by atoms with Crippen LogP contribution in [0.3, 0.4) is 0 Å². The summed E-state index contributed by atoms with van der Waals surface area (Å²) in [5.41, 5.74) is 1.10. The van der Waals surface area contributed by atoms with Crippen LogP contribution in [0.2, 0.25) is 5.82 Å². The van der Waals surface area contributed by atoms with Gasteiger partial charge in [0.25, 0.3) is 0 Å². The van der Waals surface area contributed by atoms with E-state index in [1.165, 1.54) is 0 Å². The largest absolute Gasteiger partial charge is 0.393 e. The molecular formula is C14H16BNO2. The zero-order valence-corrected chi connectivity index (χ0v) is 10.2. The molecule has 4 heteroatoms. The van der Waals surface area contributed by atoms with Crippen LogP contribution >= 0.6 is 0 Å². The average molecular weight is 241 g/mol. The van der Waals surface area contributed by atoms with Crippen LogP contribution in [0.1, 0.15) is 12.0 Å². The smallest absolute Gasteiger partial charge is 0.230 e. The summed E-state index contributed by atoms with van der Waals surface area (Å²) in [5.74, 6) is -0.416. The van der Waals surface area contributed by atoms with Crippen molar-refractivity contribution in [2.24, 2.45) is 5.92 Å². The Kier molecular flexibility index (Phi) is 4.40. The summed E-state index contributed by atoms with van der Waals surface area (Å²) in [6.45, 7) is 8.06. The van der Waals surface area contributed by atoms with Crippen LogP contribution in [-0.2, 0) is 11.3 Å². The summed E-state index contributed by atoms with van der Waals surface area (Å²) in [6, 6.07) is 9.66. The average Bonchev–Trinajstić information content (AvgIpc) is 2.67. The highest BCUT2D eigenvalue weighted by Crippen LogP contribution is 2.37. The maximum Gasteiger partial charge on any atom is 0.230 e. The maximum absolute atomic E-state index is 9.66. The van der Waals surface area contributed by atoms with Crippen molar-refractivity contribution < 1.29 is 9.84 Å². The van der Waals surface area contributed by atoms with Crippen molar-refractivity contribution in [3.63, 3.8) is 0 Å². The van der Waals surface area contributed by atoms with E-state index < -0.39 is 6.10 Å². The zero-order valence-electron chi connectivity index (χ0n) is 10.2. The van der Waals surface area contributed by atoms with Crippen molar-refractivity contribution in [3.05, 3.63) is 47.3 Å². The molecular weight excluding hydrogens is 225 g/mol. The molecule has 1 aliphatic rings. The van der Waals surface area contributed by atoms with Crippen LogP contribution < -0.4 is 0 Å². The van der Waals surface area contributed by atoms with Crippen LogP contribution in [0, 0.1) is 12.5 Å².